The summed E-state index contributed by atoms with van der Waals surface area (Å²) in [5, 5.41) is 7.59. The minimum Gasteiger partial charge on any atom is -0.351 e. The van der Waals surface area contributed by atoms with Crippen molar-refractivity contribution in [1.82, 2.24) is 5.32 Å². The van der Waals surface area contributed by atoms with Crippen LogP contribution in [0.5, 0.6) is 0 Å². The molecule has 0 saturated heterocycles. The van der Waals surface area contributed by atoms with Gasteiger partial charge in [0.05, 0.1) is 19.9 Å². The van der Waals surface area contributed by atoms with Gasteiger partial charge in [0.15, 0.2) is 0 Å². The van der Waals surface area contributed by atoms with E-state index in [4.69, 9.17) is 0 Å². The zero-order valence-electron chi connectivity index (χ0n) is 14.2. The number of hydrogen-bond donors (Lipinski definition) is 2. The lowest BCUT2D eigenvalue weighted by Gasteiger charge is -2.11. The van der Waals surface area contributed by atoms with Gasteiger partial charge >= 0.3 is 0 Å². The molecule has 27 heavy (non-hydrogen) atoms. The molecule has 0 saturated carbocycles. The molecule has 140 valence electrons. The van der Waals surface area contributed by atoms with Crippen LogP contribution >= 0.6 is 50.4 Å². The van der Waals surface area contributed by atoms with E-state index in [1.54, 1.807) is 53.4 Å². The van der Waals surface area contributed by atoms with Crippen molar-refractivity contribution in [3.05, 3.63) is 73.0 Å². The van der Waals surface area contributed by atoms with Crippen LogP contribution in [-0.2, 0) is 5.75 Å². The van der Waals surface area contributed by atoms with E-state index in [0.29, 0.717) is 22.7 Å². The van der Waals surface area contributed by atoms with Crippen molar-refractivity contribution in [1.29, 1.82) is 0 Å². The first-order valence-electron chi connectivity index (χ1n) is 8.17. The predicted octanol–water partition coefficient (Wildman–Crippen LogP) is 5.49. The van der Waals surface area contributed by atoms with Gasteiger partial charge < -0.3 is 10.6 Å². The van der Waals surface area contributed by atoms with Crippen LogP contribution in [0, 0.1) is 0 Å². The minimum atomic E-state index is -0.206. The van der Waals surface area contributed by atoms with Crippen LogP contribution < -0.4 is 10.6 Å². The number of halogens is 1. The molecule has 3 rings (SSSR count). The molecule has 2 amide bonds. The lowest BCUT2D eigenvalue weighted by molar-refractivity contribution is 0.0957. The normalized spacial score (nSPS) is 10.6. The summed E-state index contributed by atoms with van der Waals surface area (Å²) < 4.78 is 1.13. The summed E-state index contributed by atoms with van der Waals surface area (Å²) in [5.74, 6) is 1.37. The number of amides is 2. The second-order valence-corrected chi connectivity index (χ2v) is 10.1. The fraction of sp³-hybridized carbons (Fsp3) is 0.158. The zero-order valence-corrected chi connectivity index (χ0v) is 18.3. The molecule has 8 heteroatoms. The molecule has 2 aromatic heterocycles. The van der Waals surface area contributed by atoms with Gasteiger partial charge in [-0.1, -0.05) is 18.2 Å². The van der Waals surface area contributed by atoms with Gasteiger partial charge in [-0.15, -0.1) is 22.7 Å². The van der Waals surface area contributed by atoms with E-state index in [0.717, 1.165) is 15.3 Å². The molecule has 0 aliphatic rings. The summed E-state index contributed by atoms with van der Waals surface area (Å²) in [7, 11) is 0. The monoisotopic (exact) mass is 480 g/mol. The van der Waals surface area contributed by atoms with E-state index in [2.05, 4.69) is 32.6 Å². The maximum absolute atomic E-state index is 12.5. The number of para-hydroxylation sites is 1. The summed E-state index contributed by atoms with van der Waals surface area (Å²) in [5.41, 5.74) is 0.985. The first-order chi connectivity index (χ1) is 13.1. The highest BCUT2D eigenvalue weighted by Crippen LogP contribution is 2.25. The molecule has 2 N–H and O–H groups in total. The SMILES string of the molecule is O=C(Nc1ccccc1C(=O)NCCSCc1ccc(Br)s1)c1cccs1. The summed E-state index contributed by atoms with van der Waals surface area (Å²) in [6.07, 6.45) is 0. The molecule has 0 bridgehead atoms. The molecule has 1 aromatic carbocycles. The smallest absolute Gasteiger partial charge is 0.265 e. The van der Waals surface area contributed by atoms with Crippen molar-refractivity contribution in [3.8, 4) is 0 Å². The van der Waals surface area contributed by atoms with E-state index in [1.165, 1.54) is 16.2 Å². The van der Waals surface area contributed by atoms with E-state index in [1.807, 2.05) is 17.5 Å². The van der Waals surface area contributed by atoms with Gasteiger partial charge in [0.1, 0.15) is 0 Å². The molecule has 0 aliphatic heterocycles. The molecule has 0 unspecified atom stereocenters. The van der Waals surface area contributed by atoms with Crippen molar-refractivity contribution in [2.75, 3.05) is 17.6 Å². The van der Waals surface area contributed by atoms with Gasteiger partial charge in [0, 0.05) is 22.9 Å². The fourth-order valence-electron chi connectivity index (χ4n) is 2.32. The maximum atomic E-state index is 12.5. The van der Waals surface area contributed by atoms with Gasteiger partial charge in [0.2, 0.25) is 0 Å². The topological polar surface area (TPSA) is 58.2 Å². The Morgan fingerprint density at radius 2 is 1.89 bits per heavy atom. The van der Waals surface area contributed by atoms with Gasteiger partial charge in [0.25, 0.3) is 11.8 Å². The molecule has 2 heterocycles. The number of carbonyl (C=O) groups is 2. The van der Waals surface area contributed by atoms with Crippen LogP contribution in [0.1, 0.15) is 24.9 Å². The Morgan fingerprint density at radius 3 is 2.63 bits per heavy atom. The number of carbonyl (C=O) groups excluding carboxylic acids is 2. The van der Waals surface area contributed by atoms with Crippen LogP contribution in [-0.4, -0.2) is 24.1 Å². The molecular weight excluding hydrogens is 464 g/mol. The Hall–Kier alpha value is -1.61. The van der Waals surface area contributed by atoms with Crippen LogP contribution in [0.15, 0.2) is 57.7 Å². The van der Waals surface area contributed by atoms with Crippen LogP contribution in [0.3, 0.4) is 0 Å². The van der Waals surface area contributed by atoms with Crippen LogP contribution in [0.25, 0.3) is 0 Å². The van der Waals surface area contributed by atoms with Gasteiger partial charge in [-0.2, -0.15) is 11.8 Å². The number of hydrogen-bond acceptors (Lipinski definition) is 5. The van der Waals surface area contributed by atoms with Crippen molar-refractivity contribution in [3.63, 3.8) is 0 Å². The summed E-state index contributed by atoms with van der Waals surface area (Å²) in [6, 6.07) is 14.8. The van der Waals surface area contributed by atoms with E-state index in [9.17, 15) is 9.59 Å². The third-order valence-corrected chi connectivity index (χ3v) is 7.25. The highest BCUT2D eigenvalue weighted by Gasteiger charge is 2.14. The highest BCUT2D eigenvalue weighted by molar-refractivity contribution is 9.11. The average molecular weight is 481 g/mol. The summed E-state index contributed by atoms with van der Waals surface area (Å²) in [4.78, 5) is 26.7. The molecule has 0 spiro atoms. The van der Waals surface area contributed by atoms with Crippen molar-refractivity contribution >= 4 is 67.9 Å². The zero-order chi connectivity index (χ0) is 19.1. The maximum Gasteiger partial charge on any atom is 0.265 e. The molecule has 0 fully saturated rings. The molecular formula is C19H17BrN2O2S3. The van der Waals surface area contributed by atoms with Crippen LogP contribution in [0.4, 0.5) is 5.69 Å². The fourth-order valence-corrected chi connectivity index (χ4v) is 5.39. The lowest BCUT2D eigenvalue weighted by atomic mass is 10.1. The van der Waals surface area contributed by atoms with Crippen molar-refractivity contribution in [2.24, 2.45) is 0 Å². The Bertz CT molecular complexity index is 909. The number of nitrogens with one attached hydrogen (secondary N) is 2. The Kier molecular flexibility index (Phi) is 7.51. The van der Waals surface area contributed by atoms with Crippen molar-refractivity contribution < 1.29 is 9.59 Å². The molecule has 0 atom stereocenters. The van der Waals surface area contributed by atoms with E-state index >= 15 is 0 Å². The van der Waals surface area contributed by atoms with Crippen LogP contribution in [0.2, 0.25) is 0 Å². The Balaban J connectivity index is 1.50. The second-order valence-electron chi connectivity index (χ2n) is 5.49. The van der Waals surface area contributed by atoms with Gasteiger partial charge in [-0.3, -0.25) is 9.59 Å². The van der Waals surface area contributed by atoms with E-state index in [-0.39, 0.29) is 11.8 Å². The molecule has 3 aromatic rings. The third kappa shape index (κ3) is 5.93. The number of benzene rings is 1. The number of rotatable bonds is 8. The van der Waals surface area contributed by atoms with Crippen molar-refractivity contribution in [2.45, 2.75) is 5.75 Å². The Morgan fingerprint density at radius 1 is 1.04 bits per heavy atom. The molecule has 0 radical (unpaired) electrons. The first kappa shape index (κ1) is 20.1. The first-order valence-corrected chi connectivity index (χ1v) is 11.8. The molecule has 4 nitrogen and oxygen atoms in total. The number of anilines is 1. The predicted molar refractivity (Wildman–Crippen MR) is 119 cm³/mol. The molecule has 0 aliphatic carbocycles. The average Bonchev–Trinajstić information content (AvgIpc) is 3.33. The van der Waals surface area contributed by atoms with Gasteiger partial charge in [-0.05, 0) is 51.6 Å². The largest absolute Gasteiger partial charge is 0.351 e. The summed E-state index contributed by atoms with van der Waals surface area (Å²) >= 11 is 8.33. The minimum absolute atomic E-state index is 0.184. The lowest BCUT2D eigenvalue weighted by Crippen LogP contribution is -2.27. The van der Waals surface area contributed by atoms with Gasteiger partial charge in [-0.25, -0.2) is 0 Å². The highest BCUT2D eigenvalue weighted by atomic mass is 79.9. The Labute approximate surface area is 178 Å². The number of thioether (sulfide) groups is 1. The summed E-state index contributed by atoms with van der Waals surface area (Å²) in [6.45, 7) is 0.573. The third-order valence-electron chi connectivity index (χ3n) is 3.57. The standard InChI is InChI=1S/C19H17BrN2O2S3/c20-17-8-7-13(27-17)12-25-11-9-21-18(23)14-4-1-2-5-15(14)22-19(24)16-6-3-10-26-16/h1-8,10H,9,11-12H2,(H,21,23)(H,22,24). The van der Waals surface area contributed by atoms with E-state index < -0.39 is 0 Å². The second kappa shape index (κ2) is 10.1. The quantitative estimate of drug-likeness (QED) is 0.419. The number of thiophene rings is 2.